The van der Waals surface area contributed by atoms with Gasteiger partial charge in [-0.25, -0.2) is 0 Å². The molecule has 0 bridgehead atoms. The van der Waals surface area contributed by atoms with E-state index in [4.69, 9.17) is 0 Å². The molecule has 0 aromatic heterocycles. The number of benzene rings is 1. The molecule has 0 aliphatic heterocycles. The van der Waals surface area contributed by atoms with Gasteiger partial charge in [0.2, 0.25) is 0 Å². The maximum absolute atomic E-state index is 2.22. The Hall–Kier alpha value is -1.04. The minimum Gasteiger partial charge on any atom is -0.0557 e. The van der Waals surface area contributed by atoms with Gasteiger partial charge in [-0.1, -0.05) is 29.8 Å². The second kappa shape index (κ2) is 1.72. The molecule has 1 aliphatic rings. The van der Waals surface area contributed by atoms with E-state index in [-0.39, 0.29) is 0 Å². The summed E-state index contributed by atoms with van der Waals surface area (Å²) in [6.45, 7) is 4.30. The average molecular weight is 130 g/mol. The van der Waals surface area contributed by atoms with Crippen molar-refractivity contribution in [1.29, 1.82) is 0 Å². The highest BCUT2D eigenvalue weighted by Gasteiger charge is 1.96. The van der Waals surface area contributed by atoms with Gasteiger partial charge in [-0.3, -0.25) is 0 Å². The summed E-state index contributed by atoms with van der Waals surface area (Å²) in [5.41, 5.74) is 2.76. The third kappa shape index (κ3) is 0.621. The Kier molecular flexibility index (Phi) is 0.986. The lowest BCUT2D eigenvalue weighted by Gasteiger charge is -2.03. The maximum atomic E-state index is 2.22. The largest absolute Gasteiger partial charge is 0.0557 e. The monoisotopic (exact) mass is 130 g/mol. The summed E-state index contributed by atoms with van der Waals surface area (Å²) >= 11 is 0. The van der Waals surface area contributed by atoms with Crippen LogP contribution in [-0.2, 0) is 0 Å². The molecular weight excluding hydrogens is 120 g/mol. The van der Waals surface area contributed by atoms with Crippen LogP contribution in [0.1, 0.15) is 11.1 Å². The fourth-order valence-corrected chi connectivity index (χ4v) is 1.45. The van der Waals surface area contributed by atoms with E-state index in [1.165, 1.54) is 21.6 Å². The van der Waals surface area contributed by atoms with E-state index in [1.807, 2.05) is 0 Å². The molecule has 0 amide bonds. The van der Waals surface area contributed by atoms with Crippen molar-refractivity contribution in [3.63, 3.8) is 0 Å². The van der Waals surface area contributed by atoms with Gasteiger partial charge >= 0.3 is 0 Å². The van der Waals surface area contributed by atoms with Gasteiger partial charge in [0.1, 0.15) is 0 Å². The Morgan fingerprint density at radius 1 is 1.00 bits per heavy atom. The van der Waals surface area contributed by atoms with E-state index in [2.05, 4.69) is 38.1 Å². The average Bonchev–Trinajstić information content (AvgIpc) is 1.77. The summed E-state index contributed by atoms with van der Waals surface area (Å²) in [4.78, 5) is 0. The van der Waals surface area contributed by atoms with Crippen molar-refractivity contribution < 1.29 is 0 Å². The molecule has 0 N–H and O–H groups in total. The molecule has 10 heavy (non-hydrogen) atoms. The first-order valence-corrected chi connectivity index (χ1v) is 3.57. The molecule has 0 spiro atoms. The van der Waals surface area contributed by atoms with Crippen LogP contribution in [0.15, 0.2) is 12.1 Å². The van der Waals surface area contributed by atoms with Crippen molar-refractivity contribution in [3.05, 3.63) is 33.7 Å². The van der Waals surface area contributed by atoms with Crippen LogP contribution in [0, 0.1) is 13.8 Å². The summed E-state index contributed by atoms with van der Waals surface area (Å²) in [7, 11) is 0. The zero-order valence-electron chi connectivity index (χ0n) is 6.31. The molecule has 50 valence electrons. The number of hydrogen-bond donors (Lipinski definition) is 0. The van der Waals surface area contributed by atoms with Crippen molar-refractivity contribution in [2.24, 2.45) is 0 Å². The van der Waals surface area contributed by atoms with E-state index in [1.54, 1.807) is 0 Å². The third-order valence-corrected chi connectivity index (χ3v) is 1.99. The number of hydrogen-bond acceptors (Lipinski definition) is 0. The second-order valence-electron chi connectivity index (χ2n) is 2.92. The molecular formula is C10H10. The highest BCUT2D eigenvalue weighted by molar-refractivity contribution is 5.69. The van der Waals surface area contributed by atoms with Crippen LogP contribution in [0.3, 0.4) is 0 Å². The van der Waals surface area contributed by atoms with E-state index >= 15 is 0 Å². The van der Waals surface area contributed by atoms with Crippen molar-refractivity contribution in [2.75, 3.05) is 0 Å². The zero-order valence-corrected chi connectivity index (χ0v) is 6.31. The molecule has 0 fully saturated rings. The number of aryl methyl sites for hydroxylation is 2. The first-order valence-electron chi connectivity index (χ1n) is 3.57. The first kappa shape index (κ1) is 5.72. The van der Waals surface area contributed by atoms with Gasteiger partial charge < -0.3 is 0 Å². The lowest BCUT2D eigenvalue weighted by Crippen LogP contribution is -2.32. The van der Waals surface area contributed by atoms with Crippen LogP contribution in [0.25, 0.3) is 12.2 Å². The summed E-state index contributed by atoms with van der Waals surface area (Å²) in [5.74, 6) is 0. The molecule has 0 saturated carbocycles. The van der Waals surface area contributed by atoms with E-state index in [0.29, 0.717) is 0 Å². The van der Waals surface area contributed by atoms with E-state index in [0.717, 1.165) is 0 Å². The fraction of sp³-hybridized carbons (Fsp3) is 0.200. The fourth-order valence-electron chi connectivity index (χ4n) is 1.45. The van der Waals surface area contributed by atoms with Crippen LogP contribution in [0.4, 0.5) is 0 Å². The van der Waals surface area contributed by atoms with Gasteiger partial charge in [-0.15, -0.1) is 0 Å². The zero-order chi connectivity index (χ0) is 7.14. The predicted molar refractivity (Wildman–Crippen MR) is 44.1 cm³/mol. The van der Waals surface area contributed by atoms with Crippen molar-refractivity contribution in [1.82, 2.24) is 0 Å². The van der Waals surface area contributed by atoms with Crippen LogP contribution in [0.2, 0.25) is 0 Å². The van der Waals surface area contributed by atoms with Gasteiger partial charge in [0.25, 0.3) is 0 Å². The van der Waals surface area contributed by atoms with Crippen LogP contribution >= 0.6 is 0 Å². The normalized spacial score (nSPS) is 12.6. The third-order valence-electron chi connectivity index (χ3n) is 1.99. The van der Waals surface area contributed by atoms with E-state index < -0.39 is 0 Å². The topological polar surface area (TPSA) is 0 Å². The number of rotatable bonds is 0. The van der Waals surface area contributed by atoms with Crippen LogP contribution in [-0.4, -0.2) is 0 Å². The second-order valence-corrected chi connectivity index (χ2v) is 2.92. The van der Waals surface area contributed by atoms with Gasteiger partial charge in [-0.05, 0) is 29.8 Å². The first-order chi connectivity index (χ1) is 4.77. The highest BCUT2D eigenvalue weighted by Crippen LogP contribution is 1.96. The van der Waals surface area contributed by atoms with Gasteiger partial charge in [-0.2, -0.15) is 0 Å². The molecule has 0 heterocycles. The maximum Gasteiger partial charge on any atom is -0.0154 e. The van der Waals surface area contributed by atoms with Crippen LogP contribution < -0.4 is 10.4 Å². The quantitative estimate of drug-likeness (QED) is 0.489. The summed E-state index contributed by atoms with van der Waals surface area (Å²) in [6.07, 6.45) is 4.33. The minimum atomic E-state index is 1.36. The standard InChI is InChI=1S/C10H10/c1-7-5-8(2)10-4-3-9(10)6-7/h3-6H,1-2H3. The van der Waals surface area contributed by atoms with Crippen molar-refractivity contribution in [2.45, 2.75) is 13.8 Å². The predicted octanol–water partition coefficient (Wildman–Crippen LogP) is 0.878. The Morgan fingerprint density at radius 3 is 2.30 bits per heavy atom. The molecule has 0 heteroatoms. The van der Waals surface area contributed by atoms with Crippen molar-refractivity contribution in [3.8, 4) is 0 Å². The molecule has 1 aromatic carbocycles. The molecule has 1 aromatic rings. The van der Waals surface area contributed by atoms with Crippen molar-refractivity contribution >= 4 is 12.2 Å². The van der Waals surface area contributed by atoms with E-state index in [9.17, 15) is 0 Å². The summed E-state index contributed by atoms with van der Waals surface area (Å²) in [6, 6.07) is 4.45. The lowest BCUT2D eigenvalue weighted by molar-refractivity contribution is 1.30. The molecule has 0 unspecified atom stereocenters. The summed E-state index contributed by atoms with van der Waals surface area (Å²) in [5, 5.41) is 2.82. The highest BCUT2D eigenvalue weighted by atomic mass is 14.0. The number of fused-ring (bicyclic) bond motifs is 1. The van der Waals surface area contributed by atoms with Gasteiger partial charge in [0, 0.05) is 0 Å². The Balaban J connectivity index is 2.90. The van der Waals surface area contributed by atoms with Gasteiger partial charge in [0.15, 0.2) is 0 Å². The molecule has 0 radical (unpaired) electrons. The minimum absolute atomic E-state index is 1.36. The van der Waals surface area contributed by atoms with Crippen LogP contribution in [0.5, 0.6) is 0 Å². The lowest BCUT2D eigenvalue weighted by atomic mass is 10.0. The Morgan fingerprint density at radius 2 is 1.80 bits per heavy atom. The SMILES string of the molecule is Cc1cc(C)c2c(c1)=CC=2. The Labute approximate surface area is 60.5 Å². The molecule has 1 aliphatic carbocycles. The molecule has 2 rings (SSSR count). The molecule has 0 saturated heterocycles. The molecule has 0 atom stereocenters. The smallest absolute Gasteiger partial charge is 0.0154 e. The molecule has 0 nitrogen and oxygen atoms in total. The summed E-state index contributed by atoms with van der Waals surface area (Å²) < 4.78 is 0. The van der Waals surface area contributed by atoms with Gasteiger partial charge in [0.05, 0.1) is 0 Å². The Bertz CT molecular complexity index is 383.